The maximum absolute atomic E-state index is 12.0. The largest absolute Gasteiger partial charge is 0.317 e. The molecule has 1 aromatic carbocycles. The van der Waals surface area contributed by atoms with Gasteiger partial charge in [0.25, 0.3) is 0 Å². The summed E-state index contributed by atoms with van der Waals surface area (Å²) in [5.41, 5.74) is 0.804. The van der Waals surface area contributed by atoms with Gasteiger partial charge in [-0.15, -0.1) is 0 Å². The first-order chi connectivity index (χ1) is 9.07. The van der Waals surface area contributed by atoms with Crippen molar-refractivity contribution in [2.45, 2.75) is 19.4 Å². The highest BCUT2D eigenvalue weighted by molar-refractivity contribution is 7.89. The lowest BCUT2D eigenvalue weighted by atomic mass is 10.0. The molecule has 2 N–H and O–H groups in total. The molecule has 1 aliphatic rings. The number of benzene rings is 1. The molecule has 1 heterocycles. The van der Waals surface area contributed by atoms with Crippen molar-refractivity contribution in [1.29, 1.82) is 0 Å². The molecule has 1 aromatic rings. The van der Waals surface area contributed by atoms with Gasteiger partial charge in [0.2, 0.25) is 10.0 Å². The Bertz CT molecular complexity index is 513. The van der Waals surface area contributed by atoms with Crippen molar-refractivity contribution in [2.24, 2.45) is 5.92 Å². The summed E-state index contributed by atoms with van der Waals surface area (Å²) in [6.07, 6.45) is 1.85. The van der Waals surface area contributed by atoms with Gasteiger partial charge in [-0.2, -0.15) is 0 Å². The molecule has 2 rings (SSSR count). The number of halogens is 1. The highest BCUT2D eigenvalue weighted by atomic mass is 35.5. The minimum Gasteiger partial charge on any atom is -0.317 e. The van der Waals surface area contributed by atoms with Gasteiger partial charge >= 0.3 is 0 Å². The van der Waals surface area contributed by atoms with E-state index in [-0.39, 0.29) is 18.2 Å². The highest BCUT2D eigenvalue weighted by Crippen LogP contribution is 2.16. The van der Waals surface area contributed by atoms with Crippen molar-refractivity contribution >= 4 is 21.6 Å². The molecule has 0 aromatic heterocycles. The molecule has 1 saturated heterocycles. The number of sulfonamides is 1. The summed E-state index contributed by atoms with van der Waals surface area (Å²) in [4.78, 5) is 0. The maximum atomic E-state index is 12.0. The smallest absolute Gasteiger partial charge is 0.212 e. The number of hydrogen-bond acceptors (Lipinski definition) is 3. The van der Waals surface area contributed by atoms with Crippen LogP contribution in [-0.2, 0) is 16.6 Å². The molecule has 0 saturated carbocycles. The van der Waals surface area contributed by atoms with E-state index in [1.807, 2.05) is 18.2 Å². The van der Waals surface area contributed by atoms with Crippen LogP contribution < -0.4 is 10.0 Å². The van der Waals surface area contributed by atoms with Gasteiger partial charge in [0.1, 0.15) is 0 Å². The van der Waals surface area contributed by atoms with Crippen LogP contribution in [0.4, 0.5) is 0 Å². The molecule has 0 bridgehead atoms. The molecule has 0 spiro atoms. The van der Waals surface area contributed by atoms with E-state index in [9.17, 15) is 8.42 Å². The number of hydrogen-bond donors (Lipinski definition) is 2. The van der Waals surface area contributed by atoms with Crippen molar-refractivity contribution in [1.82, 2.24) is 10.0 Å². The van der Waals surface area contributed by atoms with Crippen LogP contribution in [0, 0.1) is 5.92 Å². The molecule has 0 amide bonds. The lowest BCUT2D eigenvalue weighted by Gasteiger charge is -2.22. The van der Waals surface area contributed by atoms with Crippen molar-refractivity contribution < 1.29 is 8.42 Å². The molecule has 0 aliphatic carbocycles. The Kier molecular flexibility index (Phi) is 5.21. The fraction of sp³-hybridized carbons (Fsp3) is 0.538. The Balaban J connectivity index is 1.88. The first kappa shape index (κ1) is 14.8. The Hall–Kier alpha value is -0.620. The molecule has 1 fully saturated rings. The van der Waals surface area contributed by atoms with Gasteiger partial charge in [-0.05, 0) is 43.5 Å². The fourth-order valence-corrected chi connectivity index (χ4v) is 3.90. The van der Waals surface area contributed by atoms with Crippen LogP contribution in [0.3, 0.4) is 0 Å². The molecule has 4 nitrogen and oxygen atoms in total. The Morgan fingerprint density at radius 1 is 1.26 bits per heavy atom. The second-order valence-electron chi connectivity index (χ2n) is 4.89. The second kappa shape index (κ2) is 6.70. The SMILES string of the molecule is O=S(=O)(CC1CCNCC1)NCc1ccccc1Cl. The molecule has 19 heavy (non-hydrogen) atoms. The van der Waals surface area contributed by atoms with E-state index in [2.05, 4.69) is 10.0 Å². The summed E-state index contributed by atoms with van der Waals surface area (Å²) in [5.74, 6) is 0.462. The average molecular weight is 303 g/mol. The van der Waals surface area contributed by atoms with Gasteiger partial charge in [0.15, 0.2) is 0 Å². The quantitative estimate of drug-likeness (QED) is 0.871. The molecular formula is C13H19ClN2O2S. The van der Waals surface area contributed by atoms with E-state index in [0.29, 0.717) is 5.02 Å². The van der Waals surface area contributed by atoms with Gasteiger partial charge < -0.3 is 5.32 Å². The second-order valence-corrected chi connectivity index (χ2v) is 7.15. The summed E-state index contributed by atoms with van der Waals surface area (Å²) in [6, 6.07) is 7.27. The number of piperidine rings is 1. The third-order valence-electron chi connectivity index (χ3n) is 3.35. The first-order valence-electron chi connectivity index (χ1n) is 6.48. The van der Waals surface area contributed by atoms with Crippen LogP contribution in [0.1, 0.15) is 18.4 Å². The standard InChI is InChI=1S/C13H19ClN2O2S/c14-13-4-2-1-3-12(13)9-16-19(17,18)10-11-5-7-15-8-6-11/h1-4,11,15-16H,5-10H2. The van der Waals surface area contributed by atoms with Crippen LogP contribution in [0.2, 0.25) is 5.02 Å². The molecule has 1 aliphatic heterocycles. The van der Waals surface area contributed by atoms with E-state index < -0.39 is 10.0 Å². The van der Waals surface area contributed by atoms with Gasteiger partial charge in [-0.3, -0.25) is 0 Å². The third-order valence-corrected chi connectivity index (χ3v) is 5.22. The Morgan fingerprint density at radius 3 is 2.63 bits per heavy atom. The Morgan fingerprint density at radius 2 is 1.95 bits per heavy atom. The fourth-order valence-electron chi connectivity index (χ4n) is 2.25. The molecule has 106 valence electrons. The van der Waals surface area contributed by atoms with Gasteiger partial charge in [-0.1, -0.05) is 29.8 Å². The lowest BCUT2D eigenvalue weighted by molar-refractivity contribution is 0.400. The Labute approximate surface area is 119 Å². The number of nitrogens with one attached hydrogen (secondary N) is 2. The zero-order chi connectivity index (χ0) is 13.7. The maximum Gasteiger partial charge on any atom is 0.212 e. The normalized spacial score (nSPS) is 17.5. The summed E-state index contributed by atoms with van der Waals surface area (Å²) in [7, 11) is -3.23. The predicted molar refractivity (Wildman–Crippen MR) is 77.7 cm³/mol. The van der Waals surface area contributed by atoms with Gasteiger partial charge in [0, 0.05) is 11.6 Å². The number of rotatable bonds is 5. The minimum absolute atomic E-state index is 0.207. The molecule has 6 heteroatoms. The van der Waals surface area contributed by atoms with Crippen molar-refractivity contribution in [3.8, 4) is 0 Å². The molecule has 0 unspecified atom stereocenters. The minimum atomic E-state index is -3.23. The topological polar surface area (TPSA) is 58.2 Å². The van der Waals surface area contributed by atoms with Crippen LogP contribution in [0.25, 0.3) is 0 Å². The lowest BCUT2D eigenvalue weighted by Crippen LogP contribution is -2.35. The van der Waals surface area contributed by atoms with Crippen molar-refractivity contribution in [3.63, 3.8) is 0 Å². The van der Waals surface area contributed by atoms with Gasteiger partial charge in [-0.25, -0.2) is 13.1 Å². The summed E-state index contributed by atoms with van der Waals surface area (Å²) in [6.45, 7) is 2.07. The van der Waals surface area contributed by atoms with E-state index >= 15 is 0 Å². The highest BCUT2D eigenvalue weighted by Gasteiger charge is 2.20. The van der Waals surface area contributed by atoms with Crippen LogP contribution >= 0.6 is 11.6 Å². The van der Waals surface area contributed by atoms with E-state index in [1.54, 1.807) is 6.07 Å². The monoisotopic (exact) mass is 302 g/mol. The predicted octanol–water partition coefficient (Wildman–Crippen LogP) is 1.76. The molecule has 0 radical (unpaired) electrons. The van der Waals surface area contributed by atoms with Crippen molar-refractivity contribution in [2.75, 3.05) is 18.8 Å². The average Bonchev–Trinajstić information content (AvgIpc) is 2.38. The van der Waals surface area contributed by atoms with Crippen LogP contribution in [0.5, 0.6) is 0 Å². The van der Waals surface area contributed by atoms with Crippen LogP contribution in [-0.4, -0.2) is 27.3 Å². The molecular weight excluding hydrogens is 284 g/mol. The van der Waals surface area contributed by atoms with Crippen LogP contribution in [0.15, 0.2) is 24.3 Å². The van der Waals surface area contributed by atoms with Crippen molar-refractivity contribution in [3.05, 3.63) is 34.9 Å². The van der Waals surface area contributed by atoms with E-state index in [1.165, 1.54) is 0 Å². The molecule has 0 atom stereocenters. The summed E-state index contributed by atoms with van der Waals surface area (Å²) >= 11 is 6.00. The summed E-state index contributed by atoms with van der Waals surface area (Å²) < 4.78 is 26.6. The summed E-state index contributed by atoms with van der Waals surface area (Å²) in [5, 5.41) is 3.82. The zero-order valence-corrected chi connectivity index (χ0v) is 12.3. The van der Waals surface area contributed by atoms with E-state index in [0.717, 1.165) is 31.5 Å². The van der Waals surface area contributed by atoms with Gasteiger partial charge in [0.05, 0.1) is 5.75 Å². The third kappa shape index (κ3) is 4.76. The first-order valence-corrected chi connectivity index (χ1v) is 8.51. The van der Waals surface area contributed by atoms with E-state index in [4.69, 9.17) is 11.6 Å². The zero-order valence-electron chi connectivity index (χ0n) is 10.7.